The maximum atomic E-state index is 7.73. The van der Waals surface area contributed by atoms with Gasteiger partial charge in [0.25, 0.3) is 0 Å². The smallest absolute Gasteiger partial charge is 0.0411 e. The fourth-order valence-electron chi connectivity index (χ4n) is 1.99. The number of nitrogens with one attached hydrogen (secondary N) is 1. The Hall–Kier alpha value is -1.31. The summed E-state index contributed by atoms with van der Waals surface area (Å²) in [5.41, 5.74) is 10.8. The summed E-state index contributed by atoms with van der Waals surface area (Å²) in [6.45, 7) is 3.87. The Morgan fingerprint density at radius 2 is 2.07 bits per heavy atom. The van der Waals surface area contributed by atoms with Gasteiger partial charge in [-0.15, -0.1) is 0 Å². The van der Waals surface area contributed by atoms with Crippen LogP contribution in [0, 0.1) is 12.3 Å². The molecule has 0 aliphatic heterocycles. The molecule has 0 amide bonds. The number of hydrogen-bond donors (Lipinski definition) is 2. The maximum Gasteiger partial charge on any atom is 0.0411 e. The van der Waals surface area contributed by atoms with E-state index in [1.54, 1.807) is 0 Å². The van der Waals surface area contributed by atoms with Crippen LogP contribution in [0.15, 0.2) is 12.1 Å². The predicted molar refractivity (Wildman–Crippen MR) is 60.1 cm³/mol. The third-order valence-corrected chi connectivity index (χ3v) is 2.74. The molecule has 1 aliphatic carbocycles. The van der Waals surface area contributed by atoms with Crippen LogP contribution < -0.4 is 5.73 Å². The van der Waals surface area contributed by atoms with E-state index in [0.29, 0.717) is 11.6 Å². The highest BCUT2D eigenvalue weighted by atomic mass is 14.6. The number of nitrogen functional groups attached to an aromatic ring is 1. The first-order valence-corrected chi connectivity index (χ1v) is 5.05. The summed E-state index contributed by atoms with van der Waals surface area (Å²) < 4.78 is 0. The molecule has 0 atom stereocenters. The molecule has 0 bridgehead atoms. The van der Waals surface area contributed by atoms with E-state index in [4.69, 9.17) is 11.1 Å². The standard InChI is InChI=1S/C12H16N2/c1-7-5-10(9-3-4-9)12(8(2)13)11(14)6-7/h5-6,9,13H,3-4,14H2,1-2H3. The van der Waals surface area contributed by atoms with Gasteiger partial charge in [0.1, 0.15) is 0 Å². The van der Waals surface area contributed by atoms with Crippen molar-refractivity contribution >= 4 is 11.4 Å². The van der Waals surface area contributed by atoms with Gasteiger partial charge in [-0.2, -0.15) is 0 Å². The van der Waals surface area contributed by atoms with Crippen LogP contribution in [0.2, 0.25) is 0 Å². The lowest BCUT2D eigenvalue weighted by atomic mass is 9.96. The second-order valence-electron chi connectivity index (χ2n) is 4.22. The molecular weight excluding hydrogens is 172 g/mol. The van der Waals surface area contributed by atoms with E-state index < -0.39 is 0 Å². The first-order chi connectivity index (χ1) is 6.59. The highest BCUT2D eigenvalue weighted by Crippen LogP contribution is 2.43. The van der Waals surface area contributed by atoms with E-state index in [1.807, 2.05) is 13.0 Å². The van der Waals surface area contributed by atoms with Gasteiger partial charge in [0, 0.05) is 17.0 Å². The molecule has 0 unspecified atom stereocenters. The van der Waals surface area contributed by atoms with Crippen molar-refractivity contribution < 1.29 is 0 Å². The average molecular weight is 188 g/mol. The molecule has 0 aromatic heterocycles. The van der Waals surface area contributed by atoms with E-state index in [0.717, 1.165) is 11.3 Å². The lowest BCUT2D eigenvalue weighted by Gasteiger charge is -2.12. The quantitative estimate of drug-likeness (QED) is 0.544. The Kier molecular flexibility index (Phi) is 2.06. The van der Waals surface area contributed by atoms with Crippen LogP contribution in [0.4, 0.5) is 5.69 Å². The van der Waals surface area contributed by atoms with Crippen molar-refractivity contribution in [1.82, 2.24) is 0 Å². The normalized spacial score (nSPS) is 15.6. The van der Waals surface area contributed by atoms with Crippen molar-refractivity contribution in [1.29, 1.82) is 5.41 Å². The van der Waals surface area contributed by atoms with E-state index in [2.05, 4.69) is 13.0 Å². The number of benzene rings is 1. The highest BCUT2D eigenvalue weighted by Gasteiger charge is 2.27. The minimum absolute atomic E-state index is 0.587. The Labute approximate surface area is 84.6 Å². The van der Waals surface area contributed by atoms with E-state index in [9.17, 15) is 0 Å². The Morgan fingerprint density at radius 1 is 1.43 bits per heavy atom. The average Bonchev–Trinajstić information content (AvgIpc) is 2.82. The summed E-state index contributed by atoms with van der Waals surface area (Å²) in [6, 6.07) is 4.14. The number of rotatable bonds is 2. The summed E-state index contributed by atoms with van der Waals surface area (Å²) in [6.07, 6.45) is 2.51. The zero-order valence-corrected chi connectivity index (χ0v) is 8.72. The van der Waals surface area contributed by atoms with Crippen LogP contribution >= 0.6 is 0 Å². The summed E-state index contributed by atoms with van der Waals surface area (Å²) in [5.74, 6) is 0.660. The van der Waals surface area contributed by atoms with Crippen LogP contribution in [0.25, 0.3) is 0 Å². The van der Waals surface area contributed by atoms with Gasteiger partial charge in [-0.25, -0.2) is 0 Å². The third-order valence-electron chi connectivity index (χ3n) is 2.74. The number of aryl methyl sites for hydroxylation is 1. The number of hydrogen-bond acceptors (Lipinski definition) is 2. The largest absolute Gasteiger partial charge is 0.398 e. The van der Waals surface area contributed by atoms with Crippen LogP contribution in [0.3, 0.4) is 0 Å². The van der Waals surface area contributed by atoms with Gasteiger partial charge in [0.2, 0.25) is 0 Å². The first kappa shape index (κ1) is 9.25. The van der Waals surface area contributed by atoms with Gasteiger partial charge in [-0.1, -0.05) is 6.07 Å². The molecule has 2 nitrogen and oxygen atoms in total. The van der Waals surface area contributed by atoms with Crippen molar-refractivity contribution in [3.05, 3.63) is 28.8 Å². The summed E-state index contributed by atoms with van der Waals surface area (Å²) in [4.78, 5) is 0. The molecule has 0 spiro atoms. The third kappa shape index (κ3) is 1.52. The van der Waals surface area contributed by atoms with Crippen molar-refractivity contribution in [2.75, 3.05) is 5.73 Å². The molecule has 2 rings (SSSR count). The summed E-state index contributed by atoms with van der Waals surface area (Å²) in [5, 5.41) is 7.73. The van der Waals surface area contributed by atoms with E-state index in [-0.39, 0.29) is 0 Å². The van der Waals surface area contributed by atoms with Crippen LogP contribution in [-0.4, -0.2) is 5.71 Å². The zero-order chi connectivity index (χ0) is 10.3. The lowest BCUT2D eigenvalue weighted by molar-refractivity contribution is 1.11. The minimum Gasteiger partial charge on any atom is -0.398 e. The molecule has 1 aromatic carbocycles. The molecular formula is C12H16N2. The Balaban J connectivity index is 2.58. The summed E-state index contributed by atoms with van der Waals surface area (Å²) >= 11 is 0. The SMILES string of the molecule is CC(=N)c1c(N)cc(C)cc1C1CC1. The number of nitrogens with two attached hydrogens (primary N) is 1. The Morgan fingerprint density at radius 3 is 2.57 bits per heavy atom. The molecule has 3 N–H and O–H groups in total. The van der Waals surface area contributed by atoms with Crippen molar-refractivity contribution in [2.45, 2.75) is 32.6 Å². The fraction of sp³-hybridized carbons (Fsp3) is 0.417. The first-order valence-electron chi connectivity index (χ1n) is 5.05. The maximum absolute atomic E-state index is 7.73. The zero-order valence-electron chi connectivity index (χ0n) is 8.72. The second-order valence-corrected chi connectivity index (χ2v) is 4.22. The molecule has 0 radical (unpaired) electrons. The monoisotopic (exact) mass is 188 g/mol. The van der Waals surface area contributed by atoms with Crippen molar-refractivity contribution in [2.24, 2.45) is 0 Å². The molecule has 1 aliphatic rings. The summed E-state index contributed by atoms with van der Waals surface area (Å²) in [7, 11) is 0. The molecule has 74 valence electrons. The van der Waals surface area contributed by atoms with Crippen molar-refractivity contribution in [3.63, 3.8) is 0 Å². The minimum atomic E-state index is 0.587. The molecule has 1 aromatic rings. The molecule has 1 fully saturated rings. The van der Waals surface area contributed by atoms with Gasteiger partial charge >= 0.3 is 0 Å². The molecule has 14 heavy (non-hydrogen) atoms. The predicted octanol–water partition coefficient (Wildman–Crippen LogP) is 2.84. The topological polar surface area (TPSA) is 49.9 Å². The molecule has 1 saturated carbocycles. The van der Waals surface area contributed by atoms with Gasteiger partial charge in [0.05, 0.1) is 0 Å². The fourth-order valence-corrected chi connectivity index (χ4v) is 1.99. The van der Waals surface area contributed by atoms with Crippen LogP contribution in [0.5, 0.6) is 0 Å². The molecule has 0 heterocycles. The Bertz CT molecular complexity index is 390. The van der Waals surface area contributed by atoms with Crippen LogP contribution in [-0.2, 0) is 0 Å². The van der Waals surface area contributed by atoms with Gasteiger partial charge in [0.15, 0.2) is 0 Å². The van der Waals surface area contributed by atoms with Gasteiger partial charge < -0.3 is 11.1 Å². The van der Waals surface area contributed by atoms with Gasteiger partial charge in [-0.05, 0) is 49.8 Å². The number of anilines is 1. The highest BCUT2D eigenvalue weighted by molar-refractivity contribution is 6.02. The van der Waals surface area contributed by atoms with Crippen molar-refractivity contribution in [3.8, 4) is 0 Å². The van der Waals surface area contributed by atoms with E-state index in [1.165, 1.54) is 24.0 Å². The lowest BCUT2D eigenvalue weighted by Crippen LogP contribution is -2.05. The van der Waals surface area contributed by atoms with Crippen LogP contribution in [0.1, 0.15) is 42.4 Å². The van der Waals surface area contributed by atoms with Gasteiger partial charge in [-0.3, -0.25) is 0 Å². The molecule has 0 saturated heterocycles. The van der Waals surface area contributed by atoms with E-state index >= 15 is 0 Å². The second kappa shape index (κ2) is 3.12. The molecule has 2 heteroatoms.